The van der Waals surface area contributed by atoms with Crippen LogP contribution in [0, 0.1) is 10.1 Å². The summed E-state index contributed by atoms with van der Waals surface area (Å²) in [6, 6.07) is 2.43. The minimum absolute atomic E-state index is 0.0468. The van der Waals surface area contributed by atoms with Crippen LogP contribution in [0.3, 0.4) is 0 Å². The Kier molecular flexibility index (Phi) is 8.69. The highest BCUT2D eigenvalue weighted by molar-refractivity contribution is 6.32. The summed E-state index contributed by atoms with van der Waals surface area (Å²) in [5.41, 5.74) is 4.12. The van der Waals surface area contributed by atoms with Gasteiger partial charge in [0, 0.05) is 12.5 Å². The highest BCUT2D eigenvalue weighted by Gasteiger charge is 2.29. The molecule has 0 aliphatic carbocycles. The van der Waals surface area contributed by atoms with Crippen molar-refractivity contribution in [3.05, 3.63) is 32.8 Å². The van der Waals surface area contributed by atoms with Gasteiger partial charge in [-0.3, -0.25) is 19.7 Å². The number of hydrogen-bond acceptors (Lipinski definition) is 5. The van der Waals surface area contributed by atoms with Gasteiger partial charge in [0.25, 0.3) is 5.69 Å². The lowest BCUT2D eigenvalue weighted by molar-refractivity contribution is -0.385. The number of amides is 1. The zero-order valence-corrected chi connectivity index (χ0v) is 16.8. The number of nitrogens with two attached hydrogens (primary N) is 1. The Hall–Kier alpha value is -2.15. The van der Waals surface area contributed by atoms with Crippen LogP contribution in [0.25, 0.3) is 0 Å². The number of nitrogens with zero attached hydrogens (tertiary/aromatic N) is 1. The second-order valence-corrected chi connectivity index (χ2v) is 7.35. The minimum atomic E-state index is -0.726. The van der Waals surface area contributed by atoms with Gasteiger partial charge in [-0.05, 0) is 39.2 Å². The molecule has 0 saturated carbocycles. The molecule has 0 saturated heterocycles. The number of ether oxygens (including phenoxy) is 1. The molecule has 1 amide bonds. The van der Waals surface area contributed by atoms with Gasteiger partial charge in [0.2, 0.25) is 5.91 Å². The van der Waals surface area contributed by atoms with Crippen molar-refractivity contribution in [2.75, 3.05) is 0 Å². The maximum atomic E-state index is 11.8. The number of primary amides is 1. The van der Waals surface area contributed by atoms with E-state index in [2.05, 4.69) is 6.92 Å². The third-order valence-corrected chi connectivity index (χ3v) is 4.74. The molecule has 8 heteroatoms. The third kappa shape index (κ3) is 7.17. The van der Waals surface area contributed by atoms with Crippen LogP contribution < -0.4 is 10.5 Å². The van der Waals surface area contributed by atoms with Gasteiger partial charge >= 0.3 is 0 Å². The molecule has 1 unspecified atom stereocenters. The van der Waals surface area contributed by atoms with Crippen LogP contribution in [0.15, 0.2) is 12.1 Å². The second-order valence-electron chi connectivity index (χ2n) is 6.94. The summed E-state index contributed by atoms with van der Waals surface area (Å²) in [6.45, 7) is 5.22. The van der Waals surface area contributed by atoms with Gasteiger partial charge < -0.3 is 10.5 Å². The first-order valence-electron chi connectivity index (χ1n) is 9.06. The number of carbonyl (C=O) groups excluding carboxylic acids is 2. The first-order chi connectivity index (χ1) is 12.6. The van der Waals surface area contributed by atoms with Crippen molar-refractivity contribution < 1.29 is 19.2 Å². The van der Waals surface area contributed by atoms with E-state index in [0.29, 0.717) is 12.8 Å². The zero-order chi connectivity index (χ0) is 20.6. The Balaban J connectivity index is 3.14. The van der Waals surface area contributed by atoms with Crippen molar-refractivity contribution in [3.8, 4) is 5.75 Å². The number of rotatable bonds is 12. The molecular formula is C19H27ClN2O5. The summed E-state index contributed by atoms with van der Waals surface area (Å²) in [7, 11) is 0. The van der Waals surface area contributed by atoms with Crippen LogP contribution in [0.4, 0.5) is 5.69 Å². The average Bonchev–Trinajstić information content (AvgIpc) is 2.58. The molecule has 0 aliphatic heterocycles. The van der Waals surface area contributed by atoms with Gasteiger partial charge in [0.1, 0.15) is 11.4 Å². The van der Waals surface area contributed by atoms with Gasteiger partial charge in [0.05, 0.1) is 15.5 Å². The van der Waals surface area contributed by atoms with Gasteiger partial charge in [-0.1, -0.05) is 37.8 Å². The molecule has 0 spiro atoms. The first-order valence-corrected chi connectivity index (χ1v) is 9.43. The van der Waals surface area contributed by atoms with Gasteiger partial charge in [-0.15, -0.1) is 0 Å². The van der Waals surface area contributed by atoms with E-state index in [-0.39, 0.29) is 28.4 Å². The second kappa shape index (κ2) is 10.3. The number of nitro groups is 1. The van der Waals surface area contributed by atoms with Crippen LogP contribution in [-0.2, 0) is 4.79 Å². The smallest absolute Gasteiger partial charge is 0.281 e. The van der Waals surface area contributed by atoms with Crippen LogP contribution in [-0.4, -0.2) is 22.2 Å². The molecule has 1 rings (SSSR count). The Bertz CT molecular complexity index is 708. The predicted molar refractivity (Wildman–Crippen MR) is 104 cm³/mol. The van der Waals surface area contributed by atoms with Crippen molar-refractivity contribution in [3.63, 3.8) is 0 Å². The first kappa shape index (κ1) is 22.9. The summed E-state index contributed by atoms with van der Waals surface area (Å²) < 4.78 is 6.07. The number of Topliss-reactive ketones (excluding diaryl/α,β-unsaturated/α-hetero) is 1. The highest BCUT2D eigenvalue weighted by atomic mass is 35.5. The summed E-state index contributed by atoms with van der Waals surface area (Å²) in [4.78, 5) is 33.5. The SMILES string of the molecule is CCCCCCC(C)(CCC(N)=O)Oc1cc(C(C)=O)c([N+](=O)[O-])cc1Cl. The molecule has 0 fully saturated rings. The Morgan fingerprint density at radius 1 is 1.26 bits per heavy atom. The lowest BCUT2D eigenvalue weighted by Crippen LogP contribution is -2.34. The zero-order valence-electron chi connectivity index (χ0n) is 16.0. The van der Waals surface area contributed by atoms with Crippen molar-refractivity contribution in [2.45, 2.75) is 71.3 Å². The van der Waals surface area contributed by atoms with Crippen molar-refractivity contribution in [1.82, 2.24) is 0 Å². The Morgan fingerprint density at radius 2 is 1.93 bits per heavy atom. The number of benzene rings is 1. The summed E-state index contributed by atoms with van der Waals surface area (Å²) in [5.74, 6) is -0.697. The van der Waals surface area contributed by atoms with E-state index in [1.807, 2.05) is 6.92 Å². The molecule has 1 aromatic carbocycles. The van der Waals surface area contributed by atoms with Crippen LogP contribution in [0.2, 0.25) is 5.02 Å². The number of hydrogen-bond donors (Lipinski definition) is 1. The number of halogens is 1. The molecule has 0 aromatic heterocycles. The van der Waals surface area contributed by atoms with Crippen molar-refractivity contribution >= 4 is 29.0 Å². The number of carbonyl (C=O) groups is 2. The molecule has 0 heterocycles. The van der Waals surface area contributed by atoms with E-state index in [0.717, 1.165) is 31.7 Å². The molecule has 0 radical (unpaired) electrons. The maximum Gasteiger partial charge on any atom is 0.281 e. The lowest BCUT2D eigenvalue weighted by atomic mass is 9.92. The number of unbranched alkanes of at least 4 members (excludes halogenated alkanes) is 3. The summed E-state index contributed by atoms with van der Waals surface area (Å²) in [6.07, 6.45) is 5.31. The predicted octanol–water partition coefficient (Wildman–Crippen LogP) is 4.82. The fourth-order valence-corrected chi connectivity index (χ4v) is 3.06. The topological polar surface area (TPSA) is 113 Å². The number of ketones is 1. The molecule has 0 aliphatic rings. The molecule has 0 bridgehead atoms. The van der Waals surface area contributed by atoms with E-state index < -0.39 is 22.2 Å². The maximum absolute atomic E-state index is 11.8. The lowest BCUT2D eigenvalue weighted by Gasteiger charge is -2.31. The minimum Gasteiger partial charge on any atom is -0.486 e. The Labute approximate surface area is 164 Å². The van der Waals surface area contributed by atoms with Crippen molar-refractivity contribution in [1.29, 1.82) is 0 Å². The standard InChI is InChI=1S/C19H27ClN2O5/c1-4-5-6-7-9-19(3,10-8-18(21)24)27-17-11-14(13(2)23)16(22(25)26)12-15(17)20/h11-12H,4-10H2,1-3H3,(H2,21,24). The summed E-state index contributed by atoms with van der Waals surface area (Å²) in [5, 5.41) is 11.2. The monoisotopic (exact) mass is 398 g/mol. The normalized spacial score (nSPS) is 13.0. The molecule has 2 N–H and O–H groups in total. The van der Waals surface area contributed by atoms with E-state index in [1.54, 1.807) is 0 Å². The fraction of sp³-hybridized carbons (Fsp3) is 0.579. The molecule has 1 aromatic rings. The van der Waals surface area contributed by atoms with Crippen LogP contribution in [0.1, 0.15) is 76.1 Å². The molecule has 27 heavy (non-hydrogen) atoms. The largest absolute Gasteiger partial charge is 0.486 e. The van der Waals surface area contributed by atoms with E-state index in [9.17, 15) is 19.7 Å². The molecule has 7 nitrogen and oxygen atoms in total. The van der Waals surface area contributed by atoms with E-state index in [1.165, 1.54) is 13.0 Å². The van der Waals surface area contributed by atoms with Gasteiger partial charge in [-0.25, -0.2) is 0 Å². The fourth-order valence-electron chi connectivity index (χ4n) is 2.86. The van der Waals surface area contributed by atoms with Gasteiger partial charge in [0.15, 0.2) is 5.78 Å². The number of nitro benzene ring substituents is 1. The van der Waals surface area contributed by atoms with E-state index >= 15 is 0 Å². The van der Waals surface area contributed by atoms with Gasteiger partial charge in [-0.2, -0.15) is 0 Å². The van der Waals surface area contributed by atoms with E-state index in [4.69, 9.17) is 22.1 Å². The Morgan fingerprint density at radius 3 is 2.44 bits per heavy atom. The highest BCUT2D eigenvalue weighted by Crippen LogP contribution is 2.37. The third-order valence-electron chi connectivity index (χ3n) is 4.44. The summed E-state index contributed by atoms with van der Waals surface area (Å²) >= 11 is 6.17. The molecular weight excluding hydrogens is 372 g/mol. The van der Waals surface area contributed by atoms with Crippen LogP contribution in [0.5, 0.6) is 5.75 Å². The molecule has 150 valence electrons. The quantitative estimate of drug-likeness (QED) is 0.234. The molecule has 1 atom stereocenters. The average molecular weight is 399 g/mol. The van der Waals surface area contributed by atoms with Crippen molar-refractivity contribution in [2.24, 2.45) is 5.73 Å². The van der Waals surface area contributed by atoms with Crippen LogP contribution >= 0.6 is 11.6 Å².